The Hall–Kier alpha value is -2.49. The number of ether oxygens (including phenoxy) is 2. The van der Waals surface area contributed by atoms with Gasteiger partial charge in [0.2, 0.25) is 15.9 Å². The fourth-order valence-corrected chi connectivity index (χ4v) is 5.58. The van der Waals surface area contributed by atoms with Gasteiger partial charge in [0.25, 0.3) is 0 Å². The van der Waals surface area contributed by atoms with Gasteiger partial charge in [0.15, 0.2) is 11.5 Å². The van der Waals surface area contributed by atoms with Crippen LogP contribution in [0, 0.1) is 5.92 Å². The van der Waals surface area contributed by atoms with Crippen LogP contribution in [0.2, 0.25) is 5.02 Å². The standard InChI is InChI=1S/C23H28ClN3O5S/c1-16(2)22(25-33(29,30)17-7-8-20-21(15-17)32-14-13-31-20)23(28)27-11-9-26(10-12-27)19-6-4-3-5-18(19)24/h3-8,15-16,22,25H,9-14H2,1-2H3/t22-/m1/s1. The van der Waals surface area contributed by atoms with E-state index in [2.05, 4.69) is 9.62 Å². The predicted octanol–water partition coefficient (Wildman–Crippen LogP) is 2.76. The molecule has 2 heterocycles. The molecule has 33 heavy (non-hydrogen) atoms. The number of fused-ring (bicyclic) bond motifs is 1. The lowest BCUT2D eigenvalue weighted by Gasteiger charge is -2.38. The number of hydrogen-bond donors (Lipinski definition) is 1. The first-order chi connectivity index (χ1) is 15.8. The highest BCUT2D eigenvalue weighted by Gasteiger charge is 2.33. The van der Waals surface area contributed by atoms with Crippen molar-refractivity contribution in [3.8, 4) is 11.5 Å². The highest BCUT2D eigenvalue weighted by atomic mass is 35.5. The number of hydrogen-bond acceptors (Lipinski definition) is 6. The molecule has 0 aliphatic carbocycles. The molecule has 2 aromatic carbocycles. The molecule has 1 N–H and O–H groups in total. The van der Waals surface area contributed by atoms with Crippen molar-refractivity contribution in [2.24, 2.45) is 5.92 Å². The summed E-state index contributed by atoms with van der Waals surface area (Å²) >= 11 is 6.31. The molecule has 1 atom stereocenters. The summed E-state index contributed by atoms with van der Waals surface area (Å²) in [7, 11) is -3.94. The number of carbonyl (C=O) groups excluding carboxylic acids is 1. The van der Waals surface area contributed by atoms with Crippen LogP contribution < -0.4 is 19.1 Å². The molecule has 8 nitrogen and oxygen atoms in total. The van der Waals surface area contributed by atoms with Crippen LogP contribution in [-0.2, 0) is 14.8 Å². The molecule has 178 valence electrons. The summed E-state index contributed by atoms with van der Waals surface area (Å²) in [4.78, 5) is 17.2. The second-order valence-electron chi connectivity index (χ2n) is 8.41. The second kappa shape index (κ2) is 9.79. The Balaban J connectivity index is 1.45. The van der Waals surface area contributed by atoms with Gasteiger partial charge in [0, 0.05) is 32.2 Å². The summed E-state index contributed by atoms with van der Waals surface area (Å²) < 4.78 is 39.8. The molecular formula is C23H28ClN3O5S. The van der Waals surface area contributed by atoms with Gasteiger partial charge in [-0.25, -0.2) is 8.42 Å². The van der Waals surface area contributed by atoms with Gasteiger partial charge in [0.05, 0.1) is 15.6 Å². The topological polar surface area (TPSA) is 88.2 Å². The lowest BCUT2D eigenvalue weighted by atomic mass is 10.0. The van der Waals surface area contributed by atoms with E-state index in [0.29, 0.717) is 55.9 Å². The Bertz CT molecular complexity index is 1120. The minimum Gasteiger partial charge on any atom is -0.486 e. The Morgan fingerprint density at radius 1 is 1.00 bits per heavy atom. The molecular weight excluding hydrogens is 466 g/mol. The molecule has 10 heteroatoms. The van der Waals surface area contributed by atoms with Crippen LogP contribution in [-0.4, -0.2) is 64.7 Å². The maximum atomic E-state index is 13.3. The van der Waals surface area contributed by atoms with E-state index in [0.717, 1.165) is 5.69 Å². The summed E-state index contributed by atoms with van der Waals surface area (Å²) in [6, 6.07) is 11.2. The van der Waals surface area contributed by atoms with E-state index in [4.69, 9.17) is 21.1 Å². The van der Waals surface area contributed by atoms with Gasteiger partial charge in [-0.2, -0.15) is 4.72 Å². The van der Waals surface area contributed by atoms with E-state index >= 15 is 0 Å². The Labute approximate surface area is 199 Å². The van der Waals surface area contributed by atoms with Crippen molar-refractivity contribution in [3.05, 3.63) is 47.5 Å². The minimum atomic E-state index is -3.94. The van der Waals surface area contributed by atoms with Gasteiger partial charge in [-0.1, -0.05) is 37.6 Å². The normalized spacial score (nSPS) is 17.2. The van der Waals surface area contributed by atoms with Crippen molar-refractivity contribution >= 4 is 33.2 Å². The third-order valence-corrected chi connectivity index (χ3v) is 7.58. The number of benzene rings is 2. The molecule has 2 aliphatic rings. The largest absolute Gasteiger partial charge is 0.486 e. The second-order valence-corrected chi connectivity index (χ2v) is 10.5. The molecule has 0 unspecified atom stereocenters. The quantitative estimate of drug-likeness (QED) is 0.665. The third-order valence-electron chi connectivity index (χ3n) is 5.82. The molecule has 0 radical (unpaired) electrons. The van der Waals surface area contributed by atoms with E-state index in [1.165, 1.54) is 12.1 Å². The number of para-hydroxylation sites is 1. The van der Waals surface area contributed by atoms with Crippen LogP contribution in [0.4, 0.5) is 5.69 Å². The molecule has 0 saturated carbocycles. The van der Waals surface area contributed by atoms with Crippen molar-refractivity contribution in [2.45, 2.75) is 24.8 Å². The first kappa shape index (κ1) is 23.7. The molecule has 0 bridgehead atoms. The van der Waals surface area contributed by atoms with Gasteiger partial charge in [-0.15, -0.1) is 0 Å². The zero-order chi connectivity index (χ0) is 23.6. The van der Waals surface area contributed by atoms with E-state index in [1.807, 2.05) is 38.1 Å². The molecule has 4 rings (SSSR count). The summed E-state index contributed by atoms with van der Waals surface area (Å²) in [6.45, 7) is 6.65. The minimum absolute atomic E-state index is 0.0359. The van der Waals surface area contributed by atoms with Crippen molar-refractivity contribution in [2.75, 3.05) is 44.3 Å². The highest BCUT2D eigenvalue weighted by molar-refractivity contribution is 7.89. The molecule has 2 aromatic rings. The van der Waals surface area contributed by atoms with Crippen molar-refractivity contribution in [1.82, 2.24) is 9.62 Å². The SMILES string of the molecule is CC(C)[C@@H](NS(=O)(=O)c1ccc2c(c1)OCCO2)C(=O)N1CCN(c2ccccc2Cl)CC1. The Morgan fingerprint density at radius 2 is 1.67 bits per heavy atom. The first-order valence-electron chi connectivity index (χ1n) is 11.0. The molecule has 2 aliphatic heterocycles. The van der Waals surface area contributed by atoms with Crippen LogP contribution in [0.1, 0.15) is 13.8 Å². The number of halogens is 1. The number of nitrogens with one attached hydrogen (secondary N) is 1. The lowest BCUT2D eigenvalue weighted by Crippen LogP contribution is -2.56. The van der Waals surface area contributed by atoms with E-state index in [9.17, 15) is 13.2 Å². The summed E-state index contributed by atoms with van der Waals surface area (Å²) in [5.74, 6) is 0.427. The summed E-state index contributed by atoms with van der Waals surface area (Å²) in [6.07, 6.45) is 0. The van der Waals surface area contributed by atoms with E-state index in [1.54, 1.807) is 11.0 Å². The van der Waals surface area contributed by atoms with Crippen LogP contribution >= 0.6 is 11.6 Å². The van der Waals surface area contributed by atoms with E-state index in [-0.39, 0.29) is 16.7 Å². The fourth-order valence-electron chi connectivity index (χ4n) is 3.97. The van der Waals surface area contributed by atoms with Crippen LogP contribution in [0.5, 0.6) is 11.5 Å². The highest BCUT2D eigenvalue weighted by Crippen LogP contribution is 2.32. The Kier molecular flexibility index (Phi) is 7.02. The number of sulfonamides is 1. The smallest absolute Gasteiger partial charge is 0.241 e. The monoisotopic (exact) mass is 493 g/mol. The van der Waals surface area contributed by atoms with Gasteiger partial charge in [0.1, 0.15) is 19.3 Å². The Morgan fingerprint density at radius 3 is 2.33 bits per heavy atom. The van der Waals surface area contributed by atoms with Crippen LogP contribution in [0.25, 0.3) is 0 Å². The average molecular weight is 494 g/mol. The van der Waals surface area contributed by atoms with Crippen molar-refractivity contribution in [1.29, 1.82) is 0 Å². The molecule has 1 saturated heterocycles. The zero-order valence-corrected chi connectivity index (χ0v) is 20.2. The average Bonchev–Trinajstić information content (AvgIpc) is 2.82. The number of anilines is 1. The third kappa shape index (κ3) is 5.20. The number of amides is 1. The van der Waals surface area contributed by atoms with E-state index < -0.39 is 16.1 Å². The number of carbonyl (C=O) groups is 1. The molecule has 0 spiro atoms. The lowest BCUT2D eigenvalue weighted by molar-refractivity contribution is -0.134. The van der Waals surface area contributed by atoms with Gasteiger partial charge < -0.3 is 19.3 Å². The maximum Gasteiger partial charge on any atom is 0.241 e. The van der Waals surface area contributed by atoms with Gasteiger partial charge in [-0.3, -0.25) is 4.79 Å². The number of nitrogens with zero attached hydrogens (tertiary/aromatic N) is 2. The molecule has 1 amide bonds. The summed E-state index contributed by atoms with van der Waals surface area (Å²) in [5.41, 5.74) is 0.936. The van der Waals surface area contributed by atoms with Gasteiger partial charge >= 0.3 is 0 Å². The van der Waals surface area contributed by atoms with Gasteiger partial charge in [-0.05, 0) is 30.2 Å². The summed E-state index contributed by atoms with van der Waals surface area (Å²) in [5, 5.41) is 0.671. The number of piperazine rings is 1. The van der Waals surface area contributed by atoms with Crippen molar-refractivity contribution < 1.29 is 22.7 Å². The molecule has 0 aromatic heterocycles. The van der Waals surface area contributed by atoms with Crippen molar-refractivity contribution in [3.63, 3.8) is 0 Å². The number of rotatable bonds is 6. The maximum absolute atomic E-state index is 13.3. The fraction of sp³-hybridized carbons (Fsp3) is 0.435. The molecule has 1 fully saturated rings. The zero-order valence-electron chi connectivity index (χ0n) is 18.7. The predicted molar refractivity (Wildman–Crippen MR) is 127 cm³/mol. The van der Waals surface area contributed by atoms with Crippen LogP contribution in [0.15, 0.2) is 47.4 Å². The first-order valence-corrected chi connectivity index (χ1v) is 12.8. The van der Waals surface area contributed by atoms with Crippen LogP contribution in [0.3, 0.4) is 0 Å².